The van der Waals surface area contributed by atoms with E-state index in [1.165, 1.54) is 12.8 Å². The summed E-state index contributed by atoms with van der Waals surface area (Å²) in [5.41, 5.74) is 0. The van der Waals surface area contributed by atoms with Crippen molar-refractivity contribution in [2.24, 2.45) is 0 Å². The molecule has 1 aromatic rings. The van der Waals surface area contributed by atoms with Crippen LogP contribution in [0.2, 0.25) is 0 Å². The van der Waals surface area contributed by atoms with Crippen LogP contribution in [0.15, 0.2) is 4.52 Å². The summed E-state index contributed by atoms with van der Waals surface area (Å²) in [6.45, 7) is 6.64. The van der Waals surface area contributed by atoms with Crippen molar-refractivity contribution in [3.05, 3.63) is 5.89 Å². The Morgan fingerprint density at radius 2 is 2.16 bits per heavy atom. The van der Waals surface area contributed by atoms with Crippen LogP contribution in [-0.4, -0.2) is 49.0 Å². The van der Waals surface area contributed by atoms with Crippen LogP contribution in [0, 0.1) is 0 Å². The molecule has 1 aromatic heterocycles. The summed E-state index contributed by atoms with van der Waals surface area (Å²) in [4.78, 5) is 6.75. The summed E-state index contributed by atoms with van der Waals surface area (Å²) in [6, 6.07) is 0.298. The maximum absolute atomic E-state index is 5.55. The molecule has 2 aliphatic rings. The highest BCUT2D eigenvalue weighted by molar-refractivity contribution is 5.29. The first-order valence-electron chi connectivity index (χ1n) is 7.28. The minimum atomic E-state index is 0.190. The molecule has 3 rings (SSSR count). The van der Waals surface area contributed by atoms with Gasteiger partial charge in [-0.1, -0.05) is 6.92 Å². The Morgan fingerprint density at radius 1 is 1.32 bits per heavy atom. The Labute approximate surface area is 113 Å². The van der Waals surface area contributed by atoms with Crippen molar-refractivity contribution in [1.29, 1.82) is 0 Å². The molecule has 2 atom stereocenters. The molecule has 3 heterocycles. The lowest BCUT2D eigenvalue weighted by molar-refractivity contribution is 0.184. The number of rotatable bonds is 5. The maximum atomic E-state index is 5.55. The lowest BCUT2D eigenvalue weighted by Gasteiger charge is -2.15. The van der Waals surface area contributed by atoms with Crippen molar-refractivity contribution in [3.63, 3.8) is 0 Å². The molecule has 0 spiro atoms. The molecule has 2 saturated heterocycles. The normalized spacial score (nSPS) is 27.3. The fourth-order valence-corrected chi connectivity index (χ4v) is 2.75. The molecule has 106 valence electrons. The van der Waals surface area contributed by atoms with Gasteiger partial charge in [-0.05, 0) is 31.0 Å². The summed E-state index contributed by atoms with van der Waals surface area (Å²) < 4.78 is 11.0. The van der Waals surface area contributed by atoms with Crippen molar-refractivity contribution >= 4 is 5.95 Å². The second kappa shape index (κ2) is 5.88. The Morgan fingerprint density at radius 3 is 2.95 bits per heavy atom. The van der Waals surface area contributed by atoms with Crippen LogP contribution >= 0.6 is 0 Å². The zero-order valence-corrected chi connectivity index (χ0v) is 11.5. The standard InChI is InChI=1S/C13H22N4O2/c1-2-5-14-11-9-18-8-10(11)12-15-13(16-19-12)17-6-3-4-7-17/h10-11,14H,2-9H2,1H3. The van der Waals surface area contributed by atoms with Gasteiger partial charge in [0, 0.05) is 19.1 Å². The molecule has 19 heavy (non-hydrogen) atoms. The smallest absolute Gasteiger partial charge is 0.266 e. The number of hydrogen-bond acceptors (Lipinski definition) is 6. The molecule has 1 N–H and O–H groups in total. The predicted molar refractivity (Wildman–Crippen MR) is 71.4 cm³/mol. The molecule has 0 amide bonds. The van der Waals surface area contributed by atoms with Crippen molar-refractivity contribution in [2.75, 3.05) is 37.7 Å². The van der Waals surface area contributed by atoms with Crippen molar-refractivity contribution in [1.82, 2.24) is 15.5 Å². The third-order valence-corrected chi connectivity index (χ3v) is 3.87. The van der Waals surface area contributed by atoms with E-state index < -0.39 is 0 Å². The molecule has 2 unspecified atom stereocenters. The average molecular weight is 266 g/mol. The van der Waals surface area contributed by atoms with E-state index in [9.17, 15) is 0 Å². The second-order valence-corrected chi connectivity index (χ2v) is 5.33. The Hall–Kier alpha value is -1.14. The topological polar surface area (TPSA) is 63.4 Å². The van der Waals surface area contributed by atoms with E-state index in [0.29, 0.717) is 18.5 Å². The number of hydrogen-bond donors (Lipinski definition) is 1. The van der Waals surface area contributed by atoms with Crippen LogP contribution in [0.5, 0.6) is 0 Å². The third kappa shape index (κ3) is 2.74. The fourth-order valence-electron chi connectivity index (χ4n) is 2.75. The lowest BCUT2D eigenvalue weighted by atomic mass is 10.0. The zero-order chi connectivity index (χ0) is 13.1. The quantitative estimate of drug-likeness (QED) is 0.862. The summed E-state index contributed by atoms with van der Waals surface area (Å²) in [6.07, 6.45) is 3.56. The monoisotopic (exact) mass is 266 g/mol. The lowest BCUT2D eigenvalue weighted by Crippen LogP contribution is -2.35. The number of aromatic nitrogens is 2. The molecule has 0 aliphatic carbocycles. The number of anilines is 1. The van der Waals surface area contributed by atoms with Crippen molar-refractivity contribution in [3.8, 4) is 0 Å². The summed E-state index contributed by atoms with van der Waals surface area (Å²) >= 11 is 0. The third-order valence-electron chi connectivity index (χ3n) is 3.87. The van der Waals surface area contributed by atoms with Gasteiger partial charge >= 0.3 is 0 Å². The summed E-state index contributed by atoms with van der Waals surface area (Å²) in [5.74, 6) is 1.65. The van der Waals surface area contributed by atoms with Gasteiger partial charge in [0.2, 0.25) is 5.89 Å². The van der Waals surface area contributed by atoms with Crippen LogP contribution < -0.4 is 10.2 Å². The van der Waals surface area contributed by atoms with Gasteiger partial charge in [-0.15, -0.1) is 0 Å². The largest absolute Gasteiger partial charge is 0.379 e. The fraction of sp³-hybridized carbons (Fsp3) is 0.846. The van der Waals surface area contributed by atoms with E-state index in [-0.39, 0.29) is 5.92 Å². The van der Waals surface area contributed by atoms with Gasteiger partial charge in [0.15, 0.2) is 0 Å². The van der Waals surface area contributed by atoms with Crippen LogP contribution in [-0.2, 0) is 4.74 Å². The first-order chi connectivity index (χ1) is 9.38. The molecule has 0 aromatic carbocycles. The Balaban J connectivity index is 1.67. The van der Waals surface area contributed by atoms with Crippen molar-refractivity contribution in [2.45, 2.75) is 38.1 Å². The van der Waals surface area contributed by atoms with Gasteiger partial charge in [0.1, 0.15) is 0 Å². The van der Waals surface area contributed by atoms with E-state index in [2.05, 4.69) is 27.3 Å². The minimum Gasteiger partial charge on any atom is -0.379 e. The van der Waals surface area contributed by atoms with Gasteiger partial charge in [0.05, 0.1) is 19.1 Å². The predicted octanol–water partition coefficient (Wildman–Crippen LogP) is 1.15. The molecule has 6 heteroatoms. The van der Waals surface area contributed by atoms with Gasteiger partial charge in [0.25, 0.3) is 5.95 Å². The van der Waals surface area contributed by atoms with E-state index in [1.54, 1.807) is 0 Å². The molecule has 2 fully saturated rings. The van der Waals surface area contributed by atoms with Gasteiger partial charge in [-0.3, -0.25) is 0 Å². The highest BCUT2D eigenvalue weighted by atomic mass is 16.5. The highest BCUT2D eigenvalue weighted by Crippen LogP contribution is 2.26. The number of ether oxygens (including phenoxy) is 1. The second-order valence-electron chi connectivity index (χ2n) is 5.33. The highest BCUT2D eigenvalue weighted by Gasteiger charge is 2.34. The summed E-state index contributed by atoms with van der Waals surface area (Å²) in [5, 5.41) is 7.61. The van der Waals surface area contributed by atoms with Crippen LogP contribution in [0.25, 0.3) is 0 Å². The van der Waals surface area contributed by atoms with E-state index in [0.717, 1.165) is 38.6 Å². The SMILES string of the molecule is CCCNC1COCC1c1nc(N2CCCC2)no1. The van der Waals surface area contributed by atoms with Crippen LogP contribution in [0.1, 0.15) is 38.0 Å². The zero-order valence-electron chi connectivity index (χ0n) is 11.5. The maximum Gasteiger partial charge on any atom is 0.266 e. The first-order valence-corrected chi connectivity index (χ1v) is 7.28. The molecular formula is C13H22N4O2. The number of nitrogens with zero attached hydrogens (tertiary/aromatic N) is 3. The molecule has 0 radical (unpaired) electrons. The Bertz CT molecular complexity index is 403. The molecule has 0 bridgehead atoms. The van der Waals surface area contributed by atoms with E-state index >= 15 is 0 Å². The average Bonchev–Trinajstić information content (AvgIpc) is 3.14. The van der Waals surface area contributed by atoms with Gasteiger partial charge < -0.3 is 19.5 Å². The Kier molecular flexibility index (Phi) is 3.98. The molecular weight excluding hydrogens is 244 g/mol. The first kappa shape index (κ1) is 12.9. The van der Waals surface area contributed by atoms with Crippen LogP contribution in [0.3, 0.4) is 0 Å². The number of nitrogens with one attached hydrogen (secondary N) is 1. The summed E-state index contributed by atoms with van der Waals surface area (Å²) in [7, 11) is 0. The molecule has 6 nitrogen and oxygen atoms in total. The van der Waals surface area contributed by atoms with Gasteiger partial charge in [-0.2, -0.15) is 4.98 Å². The van der Waals surface area contributed by atoms with Crippen molar-refractivity contribution < 1.29 is 9.26 Å². The molecule has 2 aliphatic heterocycles. The van der Waals surface area contributed by atoms with Gasteiger partial charge in [-0.25, -0.2) is 0 Å². The van der Waals surface area contributed by atoms with E-state index in [4.69, 9.17) is 9.26 Å². The van der Waals surface area contributed by atoms with Crippen LogP contribution in [0.4, 0.5) is 5.95 Å². The minimum absolute atomic E-state index is 0.190. The van der Waals surface area contributed by atoms with E-state index in [1.807, 2.05) is 0 Å². The molecule has 0 saturated carbocycles.